The van der Waals surface area contributed by atoms with Crippen LogP contribution in [0.1, 0.15) is 17.0 Å². The number of hydrogen-bond donors (Lipinski definition) is 1. The lowest BCUT2D eigenvalue weighted by atomic mass is 10.1. The van der Waals surface area contributed by atoms with Gasteiger partial charge in [-0.3, -0.25) is 0 Å². The molecule has 0 aliphatic rings. The Morgan fingerprint density at radius 1 is 0.969 bits per heavy atom. The summed E-state index contributed by atoms with van der Waals surface area (Å²) in [5.41, 5.74) is 3.31. The summed E-state index contributed by atoms with van der Waals surface area (Å²) in [4.78, 5) is 0.134. The summed E-state index contributed by atoms with van der Waals surface area (Å²) in [5.74, 6) is 1.11. The molecule has 0 saturated heterocycles. The van der Waals surface area contributed by atoms with Crippen LogP contribution in [-0.4, -0.2) is 35.5 Å². The minimum atomic E-state index is -3.80. The lowest BCUT2D eigenvalue weighted by Crippen LogP contribution is -2.24. The van der Waals surface area contributed by atoms with Gasteiger partial charge in [0.05, 0.1) is 24.2 Å². The molecule has 2 aromatic carbocycles. The highest BCUT2D eigenvalue weighted by Gasteiger charge is 2.25. The molecule has 0 spiro atoms. The zero-order chi connectivity index (χ0) is 22.7. The van der Waals surface area contributed by atoms with Gasteiger partial charge in [-0.1, -0.05) is 42.5 Å². The Kier molecular flexibility index (Phi) is 6.02. The Bertz CT molecular complexity index is 1330. The monoisotopic (exact) mass is 449 g/mol. The van der Waals surface area contributed by atoms with E-state index in [9.17, 15) is 8.42 Å². The van der Waals surface area contributed by atoms with Gasteiger partial charge in [0.15, 0.2) is 5.82 Å². The van der Waals surface area contributed by atoms with Crippen molar-refractivity contribution in [1.82, 2.24) is 24.7 Å². The van der Waals surface area contributed by atoms with Gasteiger partial charge in [-0.15, -0.1) is 10.2 Å². The maximum absolute atomic E-state index is 13.1. The van der Waals surface area contributed by atoms with Crippen molar-refractivity contribution >= 4 is 10.0 Å². The highest BCUT2D eigenvalue weighted by molar-refractivity contribution is 7.89. The Labute approximate surface area is 187 Å². The second kappa shape index (κ2) is 8.89. The average Bonchev–Trinajstić information content (AvgIpc) is 3.13. The topological polar surface area (TPSA) is 99.0 Å². The molecule has 0 radical (unpaired) electrons. The van der Waals surface area contributed by atoms with E-state index in [2.05, 4.69) is 20.0 Å². The van der Waals surface area contributed by atoms with Gasteiger partial charge in [-0.25, -0.2) is 17.8 Å². The van der Waals surface area contributed by atoms with Gasteiger partial charge in [0.1, 0.15) is 10.6 Å². The lowest BCUT2D eigenvalue weighted by molar-refractivity contribution is 0.414. The fraction of sp³-hybridized carbons (Fsp3) is 0.174. The first kappa shape index (κ1) is 21.7. The molecule has 2 heterocycles. The van der Waals surface area contributed by atoms with Crippen molar-refractivity contribution < 1.29 is 13.2 Å². The molecule has 0 bridgehead atoms. The van der Waals surface area contributed by atoms with E-state index in [1.165, 1.54) is 4.68 Å². The van der Waals surface area contributed by atoms with E-state index in [0.717, 1.165) is 16.8 Å². The normalized spacial score (nSPS) is 11.5. The molecule has 164 valence electrons. The number of benzene rings is 2. The first-order chi connectivity index (χ1) is 15.4. The van der Waals surface area contributed by atoms with E-state index in [-0.39, 0.29) is 11.4 Å². The number of aromatic nitrogens is 4. The zero-order valence-corrected chi connectivity index (χ0v) is 18.8. The maximum Gasteiger partial charge on any atom is 0.244 e. The fourth-order valence-electron chi connectivity index (χ4n) is 3.47. The summed E-state index contributed by atoms with van der Waals surface area (Å²) in [5, 5.41) is 12.9. The van der Waals surface area contributed by atoms with Crippen molar-refractivity contribution in [3.8, 4) is 22.8 Å². The van der Waals surface area contributed by atoms with Gasteiger partial charge >= 0.3 is 0 Å². The van der Waals surface area contributed by atoms with Crippen molar-refractivity contribution in [2.45, 2.75) is 25.3 Å². The molecule has 32 heavy (non-hydrogen) atoms. The molecular weight excluding hydrogens is 426 g/mol. The molecule has 1 N–H and O–H groups in total. The van der Waals surface area contributed by atoms with Gasteiger partial charge in [-0.05, 0) is 43.7 Å². The van der Waals surface area contributed by atoms with Crippen LogP contribution in [0.15, 0.2) is 71.6 Å². The molecule has 0 aliphatic carbocycles. The summed E-state index contributed by atoms with van der Waals surface area (Å²) < 4.78 is 35.4. The molecule has 0 atom stereocenters. The predicted octanol–water partition coefficient (Wildman–Crippen LogP) is 3.43. The molecule has 9 heteroatoms. The minimum absolute atomic E-state index is 0.134. The predicted molar refractivity (Wildman–Crippen MR) is 121 cm³/mol. The second-order valence-corrected chi connectivity index (χ2v) is 8.93. The number of nitrogens with zero attached hydrogens (tertiary/aromatic N) is 4. The highest BCUT2D eigenvalue weighted by Crippen LogP contribution is 2.23. The summed E-state index contributed by atoms with van der Waals surface area (Å²) in [7, 11) is -2.23. The standard InChI is InChI=1S/C23H23N5O3S/c1-16-23(32(29,30)24-15-18-8-7-11-20(14-18)31-3)17(2)28(27-16)22-13-12-21(25-26-22)19-9-5-4-6-10-19/h4-14,24H,15H2,1-3H3. The van der Waals surface area contributed by atoms with Crippen LogP contribution in [0.2, 0.25) is 0 Å². The van der Waals surface area contributed by atoms with E-state index in [1.54, 1.807) is 39.2 Å². The van der Waals surface area contributed by atoms with Crippen molar-refractivity contribution in [3.63, 3.8) is 0 Å². The number of hydrogen-bond acceptors (Lipinski definition) is 6. The molecular formula is C23H23N5O3S. The van der Waals surface area contributed by atoms with Gasteiger partial charge in [-0.2, -0.15) is 5.10 Å². The first-order valence-electron chi connectivity index (χ1n) is 9.97. The van der Waals surface area contributed by atoms with Crippen molar-refractivity contribution in [1.29, 1.82) is 0 Å². The van der Waals surface area contributed by atoms with Crippen LogP contribution >= 0.6 is 0 Å². The van der Waals surface area contributed by atoms with Crippen LogP contribution in [0.5, 0.6) is 5.75 Å². The van der Waals surface area contributed by atoms with Crippen LogP contribution in [0.4, 0.5) is 0 Å². The second-order valence-electron chi connectivity index (χ2n) is 7.23. The first-order valence-corrected chi connectivity index (χ1v) is 11.5. The number of ether oxygens (including phenoxy) is 1. The Hall–Kier alpha value is -3.56. The van der Waals surface area contributed by atoms with Gasteiger partial charge in [0.2, 0.25) is 10.0 Å². The molecule has 0 saturated carbocycles. The third kappa shape index (κ3) is 4.39. The highest BCUT2D eigenvalue weighted by atomic mass is 32.2. The van der Waals surface area contributed by atoms with E-state index < -0.39 is 10.0 Å². The molecule has 8 nitrogen and oxygen atoms in total. The molecule has 2 aromatic heterocycles. The molecule has 0 amide bonds. The SMILES string of the molecule is COc1cccc(CNS(=O)(=O)c2c(C)nn(-c3ccc(-c4ccccc4)nn3)c2C)c1. The zero-order valence-electron chi connectivity index (χ0n) is 18.0. The minimum Gasteiger partial charge on any atom is -0.497 e. The smallest absolute Gasteiger partial charge is 0.244 e. The van der Waals surface area contributed by atoms with E-state index in [1.807, 2.05) is 48.5 Å². The third-order valence-electron chi connectivity index (χ3n) is 5.03. The summed E-state index contributed by atoms with van der Waals surface area (Å²) in [6.07, 6.45) is 0. The van der Waals surface area contributed by atoms with Crippen LogP contribution in [-0.2, 0) is 16.6 Å². The summed E-state index contributed by atoms with van der Waals surface area (Å²) >= 11 is 0. The van der Waals surface area contributed by atoms with Crippen molar-refractivity contribution in [2.24, 2.45) is 0 Å². The van der Waals surface area contributed by atoms with E-state index in [0.29, 0.717) is 23.0 Å². The largest absolute Gasteiger partial charge is 0.497 e. The fourth-order valence-corrected chi connectivity index (χ4v) is 4.88. The Morgan fingerprint density at radius 3 is 2.44 bits per heavy atom. The average molecular weight is 450 g/mol. The van der Waals surface area contributed by atoms with E-state index >= 15 is 0 Å². The molecule has 0 fully saturated rings. The number of methoxy groups -OCH3 is 1. The van der Waals surface area contributed by atoms with Crippen molar-refractivity contribution in [3.05, 3.63) is 83.7 Å². The van der Waals surface area contributed by atoms with Crippen LogP contribution in [0.3, 0.4) is 0 Å². The quantitative estimate of drug-likeness (QED) is 0.464. The van der Waals surface area contributed by atoms with Crippen LogP contribution in [0, 0.1) is 13.8 Å². The lowest BCUT2D eigenvalue weighted by Gasteiger charge is -2.09. The maximum atomic E-state index is 13.1. The van der Waals surface area contributed by atoms with Crippen molar-refractivity contribution in [2.75, 3.05) is 7.11 Å². The van der Waals surface area contributed by atoms with Gasteiger partial charge < -0.3 is 4.74 Å². The molecule has 0 unspecified atom stereocenters. The van der Waals surface area contributed by atoms with E-state index in [4.69, 9.17) is 4.74 Å². The number of aryl methyl sites for hydroxylation is 1. The third-order valence-corrected chi connectivity index (χ3v) is 6.68. The summed E-state index contributed by atoms with van der Waals surface area (Å²) in [6.45, 7) is 3.50. The van der Waals surface area contributed by atoms with Gasteiger partial charge in [0.25, 0.3) is 0 Å². The van der Waals surface area contributed by atoms with Gasteiger partial charge in [0, 0.05) is 12.1 Å². The summed E-state index contributed by atoms with van der Waals surface area (Å²) in [6, 6.07) is 20.5. The molecule has 4 rings (SSSR count). The van der Waals surface area contributed by atoms with Crippen LogP contribution in [0.25, 0.3) is 17.1 Å². The number of rotatable bonds is 7. The molecule has 0 aliphatic heterocycles. The number of sulfonamides is 1. The molecule has 4 aromatic rings. The Morgan fingerprint density at radius 2 is 1.75 bits per heavy atom. The Balaban J connectivity index is 1.59. The number of nitrogens with one attached hydrogen (secondary N) is 1. The van der Waals surface area contributed by atoms with Crippen LogP contribution < -0.4 is 9.46 Å².